The van der Waals surface area contributed by atoms with Crippen molar-refractivity contribution in [2.45, 2.75) is 19.6 Å². The number of hydrogen-bond donors (Lipinski definition) is 1. The Bertz CT molecular complexity index is 301. The summed E-state index contributed by atoms with van der Waals surface area (Å²) < 4.78 is 8.20. The number of aromatic nitrogens is 2. The van der Waals surface area contributed by atoms with E-state index in [0.717, 1.165) is 17.1 Å². The van der Waals surface area contributed by atoms with Crippen molar-refractivity contribution in [2.24, 2.45) is 0 Å². The van der Waals surface area contributed by atoms with Crippen LogP contribution in [0, 0.1) is 6.92 Å². The van der Waals surface area contributed by atoms with Crippen LogP contribution in [0.4, 0.5) is 0 Å². The van der Waals surface area contributed by atoms with Gasteiger partial charge >= 0.3 is 0 Å². The van der Waals surface area contributed by atoms with Gasteiger partial charge in [0.2, 0.25) is 5.91 Å². The lowest BCUT2D eigenvalue weighted by Gasteiger charge is -2.00. The van der Waals surface area contributed by atoms with Gasteiger partial charge in [-0.05, 0) is 13.8 Å². The van der Waals surface area contributed by atoms with Gasteiger partial charge in [0.05, 0.1) is 28.9 Å². The zero-order valence-electron chi connectivity index (χ0n) is 8.24. The molecule has 1 heterocycles. The molecular weight excluding hydrogens is 218 g/mol. The summed E-state index contributed by atoms with van der Waals surface area (Å²) in [7, 11) is 0. The third kappa shape index (κ3) is 3.63. The van der Waals surface area contributed by atoms with Crippen molar-refractivity contribution in [1.29, 1.82) is 0 Å². The Balaban J connectivity index is 2.22. The Morgan fingerprint density at radius 1 is 1.57 bits per heavy atom. The number of carbonyl (C=O) groups excluding carboxylic acids is 1. The molecule has 1 amide bonds. The highest BCUT2D eigenvalue weighted by Gasteiger charge is 2.05. The number of thioether (sulfide) groups is 1. The second-order valence-corrected chi connectivity index (χ2v) is 4.26. The molecule has 0 aliphatic carbocycles. The van der Waals surface area contributed by atoms with E-state index in [4.69, 9.17) is 0 Å². The summed E-state index contributed by atoms with van der Waals surface area (Å²) in [6.45, 7) is 4.54. The summed E-state index contributed by atoms with van der Waals surface area (Å²) in [6, 6.07) is 0. The smallest absolute Gasteiger partial charge is 0.229 e. The molecule has 1 aromatic heterocycles. The minimum Gasteiger partial charge on any atom is -0.356 e. The molecule has 1 rings (SSSR count). The average molecular weight is 231 g/mol. The van der Waals surface area contributed by atoms with Gasteiger partial charge in [0.1, 0.15) is 0 Å². The monoisotopic (exact) mass is 231 g/mol. The van der Waals surface area contributed by atoms with Crippen molar-refractivity contribution < 1.29 is 4.79 Å². The van der Waals surface area contributed by atoms with E-state index < -0.39 is 0 Å². The minimum absolute atomic E-state index is 0.0818. The Morgan fingerprint density at radius 3 is 2.93 bits per heavy atom. The molecule has 0 bridgehead atoms. The summed E-state index contributed by atoms with van der Waals surface area (Å²) in [4.78, 5) is 11.1. The van der Waals surface area contributed by atoms with Gasteiger partial charge in [-0.2, -0.15) is 8.75 Å². The fraction of sp³-hybridized carbons (Fsp3) is 0.625. The number of nitrogens with one attached hydrogen (secondary N) is 1. The maximum atomic E-state index is 11.1. The third-order valence-electron chi connectivity index (χ3n) is 1.59. The predicted octanol–water partition coefficient (Wildman–Crippen LogP) is 1.22. The summed E-state index contributed by atoms with van der Waals surface area (Å²) in [5, 5.41) is 2.75. The Kier molecular flexibility index (Phi) is 4.89. The van der Waals surface area contributed by atoms with E-state index in [9.17, 15) is 4.79 Å². The molecule has 0 atom stereocenters. The highest BCUT2D eigenvalue weighted by Crippen LogP contribution is 2.13. The number of carbonyl (C=O) groups is 1. The Morgan fingerprint density at radius 2 is 2.36 bits per heavy atom. The van der Waals surface area contributed by atoms with Gasteiger partial charge < -0.3 is 5.32 Å². The van der Waals surface area contributed by atoms with E-state index in [1.165, 1.54) is 11.7 Å². The molecule has 1 aromatic rings. The number of nitrogens with zero attached hydrogens (tertiary/aromatic N) is 2. The van der Waals surface area contributed by atoms with Gasteiger partial charge in [-0.15, -0.1) is 11.8 Å². The van der Waals surface area contributed by atoms with E-state index in [2.05, 4.69) is 14.1 Å². The molecule has 78 valence electrons. The van der Waals surface area contributed by atoms with E-state index in [1.54, 1.807) is 11.8 Å². The summed E-state index contributed by atoms with van der Waals surface area (Å²) in [5.74, 6) is 1.34. The highest BCUT2D eigenvalue weighted by atomic mass is 32.2. The molecule has 0 spiro atoms. The third-order valence-corrected chi connectivity index (χ3v) is 3.19. The lowest BCUT2D eigenvalue weighted by atomic mass is 10.4. The molecule has 0 fully saturated rings. The number of hydrogen-bond acceptors (Lipinski definition) is 5. The van der Waals surface area contributed by atoms with Crippen molar-refractivity contribution in [1.82, 2.24) is 14.1 Å². The van der Waals surface area contributed by atoms with Gasteiger partial charge in [-0.25, -0.2) is 0 Å². The molecule has 0 radical (unpaired) electrons. The van der Waals surface area contributed by atoms with Crippen molar-refractivity contribution in [2.75, 3.05) is 12.3 Å². The maximum Gasteiger partial charge on any atom is 0.229 e. The van der Waals surface area contributed by atoms with Crippen LogP contribution in [-0.4, -0.2) is 27.0 Å². The largest absolute Gasteiger partial charge is 0.356 e. The second-order valence-electron chi connectivity index (χ2n) is 2.74. The van der Waals surface area contributed by atoms with Crippen LogP contribution in [0.15, 0.2) is 0 Å². The van der Waals surface area contributed by atoms with Gasteiger partial charge in [-0.1, -0.05) is 0 Å². The summed E-state index contributed by atoms with van der Waals surface area (Å²) >= 11 is 2.79. The molecule has 0 aliphatic heterocycles. The molecule has 1 N–H and O–H groups in total. The first kappa shape index (κ1) is 11.5. The molecule has 0 aliphatic rings. The second kappa shape index (κ2) is 5.98. The van der Waals surface area contributed by atoms with Gasteiger partial charge in [0.25, 0.3) is 0 Å². The fourth-order valence-electron chi connectivity index (χ4n) is 0.869. The zero-order chi connectivity index (χ0) is 10.4. The van der Waals surface area contributed by atoms with Crippen LogP contribution >= 0.6 is 23.5 Å². The topological polar surface area (TPSA) is 54.9 Å². The van der Waals surface area contributed by atoms with Crippen LogP contribution in [0.2, 0.25) is 0 Å². The lowest BCUT2D eigenvalue weighted by molar-refractivity contribution is -0.118. The van der Waals surface area contributed by atoms with Crippen molar-refractivity contribution in [3.8, 4) is 0 Å². The maximum absolute atomic E-state index is 11.1. The molecular formula is C8H13N3OS2. The predicted molar refractivity (Wildman–Crippen MR) is 59.5 cm³/mol. The van der Waals surface area contributed by atoms with Gasteiger partial charge in [-0.3, -0.25) is 4.79 Å². The number of aryl methyl sites for hydroxylation is 1. The van der Waals surface area contributed by atoms with E-state index in [0.29, 0.717) is 12.3 Å². The van der Waals surface area contributed by atoms with Crippen molar-refractivity contribution >= 4 is 29.4 Å². The number of amides is 1. The SMILES string of the molecule is CCNC(=O)CSCc1nsnc1C. The van der Waals surface area contributed by atoms with E-state index in [-0.39, 0.29) is 5.91 Å². The lowest BCUT2D eigenvalue weighted by Crippen LogP contribution is -2.24. The fourth-order valence-corrected chi connectivity index (χ4v) is 2.37. The Labute approximate surface area is 91.8 Å². The molecule has 0 unspecified atom stereocenters. The summed E-state index contributed by atoms with van der Waals surface area (Å²) in [5.41, 5.74) is 1.96. The first-order valence-electron chi connectivity index (χ1n) is 4.36. The molecule has 0 aromatic carbocycles. The summed E-state index contributed by atoms with van der Waals surface area (Å²) in [6.07, 6.45) is 0. The van der Waals surface area contributed by atoms with Crippen molar-refractivity contribution in [3.05, 3.63) is 11.4 Å². The van der Waals surface area contributed by atoms with Crippen LogP contribution in [0.3, 0.4) is 0 Å². The molecule has 0 saturated heterocycles. The first-order chi connectivity index (χ1) is 6.74. The zero-order valence-corrected chi connectivity index (χ0v) is 9.87. The first-order valence-corrected chi connectivity index (χ1v) is 6.25. The quantitative estimate of drug-likeness (QED) is 0.827. The van der Waals surface area contributed by atoms with Crippen LogP contribution in [0.5, 0.6) is 0 Å². The van der Waals surface area contributed by atoms with E-state index in [1.807, 2.05) is 13.8 Å². The minimum atomic E-state index is 0.0818. The average Bonchev–Trinajstić information content (AvgIpc) is 2.52. The highest BCUT2D eigenvalue weighted by molar-refractivity contribution is 7.99. The van der Waals surface area contributed by atoms with E-state index >= 15 is 0 Å². The van der Waals surface area contributed by atoms with Crippen LogP contribution in [-0.2, 0) is 10.5 Å². The Hall–Kier alpha value is -0.620. The van der Waals surface area contributed by atoms with Crippen molar-refractivity contribution in [3.63, 3.8) is 0 Å². The standard InChI is InChI=1S/C8H13N3OS2/c1-3-9-8(12)5-13-4-7-6(2)10-14-11-7/h3-5H2,1-2H3,(H,9,12). The van der Waals surface area contributed by atoms with Crippen LogP contribution < -0.4 is 5.32 Å². The van der Waals surface area contributed by atoms with Crippen LogP contribution in [0.25, 0.3) is 0 Å². The molecule has 4 nitrogen and oxygen atoms in total. The molecule has 0 saturated carbocycles. The molecule has 14 heavy (non-hydrogen) atoms. The van der Waals surface area contributed by atoms with Gasteiger partial charge in [0, 0.05) is 12.3 Å². The van der Waals surface area contributed by atoms with Crippen LogP contribution in [0.1, 0.15) is 18.3 Å². The number of rotatable bonds is 5. The molecule has 6 heteroatoms. The van der Waals surface area contributed by atoms with Gasteiger partial charge in [0.15, 0.2) is 0 Å². The normalized spacial score (nSPS) is 10.1.